The van der Waals surface area contributed by atoms with Crippen LogP contribution in [0, 0.1) is 0 Å². The Morgan fingerprint density at radius 1 is 1.00 bits per heavy atom. The van der Waals surface area contributed by atoms with Crippen molar-refractivity contribution in [2.24, 2.45) is 0 Å². The van der Waals surface area contributed by atoms with Crippen LogP contribution in [0.3, 0.4) is 0 Å². The van der Waals surface area contributed by atoms with Gasteiger partial charge >= 0.3 is 5.63 Å². The molecule has 0 spiro atoms. The van der Waals surface area contributed by atoms with Crippen molar-refractivity contribution in [1.82, 2.24) is 10.9 Å². The van der Waals surface area contributed by atoms with E-state index in [1.807, 2.05) is 0 Å². The lowest BCUT2D eigenvalue weighted by atomic mass is 10.2. The van der Waals surface area contributed by atoms with Crippen molar-refractivity contribution in [3.05, 3.63) is 69.0 Å². The summed E-state index contributed by atoms with van der Waals surface area (Å²) in [7, 11) is 0. The van der Waals surface area contributed by atoms with Crippen LogP contribution in [0.4, 0.5) is 0 Å². The first-order valence-corrected chi connectivity index (χ1v) is 10.4. The van der Waals surface area contributed by atoms with Crippen molar-refractivity contribution in [3.8, 4) is 11.5 Å². The molecule has 9 heteroatoms. The van der Waals surface area contributed by atoms with E-state index in [2.05, 4.69) is 33.7 Å². The normalized spacial score (nSPS) is 10.5. The maximum absolute atomic E-state index is 12.3. The number of unbranched alkanes of at least 4 members (excludes halogenated alkanes) is 1. The van der Waals surface area contributed by atoms with Crippen LogP contribution in [0.2, 0.25) is 0 Å². The molecule has 0 fully saturated rings. The Labute approximate surface area is 186 Å². The first-order valence-electron chi connectivity index (χ1n) is 9.64. The Morgan fingerprint density at radius 2 is 1.71 bits per heavy atom. The zero-order valence-corrected chi connectivity index (χ0v) is 18.4. The van der Waals surface area contributed by atoms with Crippen LogP contribution in [0.25, 0.3) is 11.0 Å². The van der Waals surface area contributed by atoms with Gasteiger partial charge in [-0.05, 0) is 55.0 Å². The van der Waals surface area contributed by atoms with Gasteiger partial charge in [0.15, 0.2) is 6.61 Å². The molecule has 8 nitrogen and oxygen atoms in total. The minimum Gasteiger partial charge on any atom is -0.494 e. The number of benzene rings is 2. The Kier molecular flexibility index (Phi) is 7.66. The van der Waals surface area contributed by atoms with Gasteiger partial charge in [-0.25, -0.2) is 4.79 Å². The molecule has 0 aliphatic carbocycles. The molecule has 3 rings (SSSR count). The van der Waals surface area contributed by atoms with Crippen LogP contribution in [-0.4, -0.2) is 25.0 Å². The number of halogens is 1. The number of rotatable bonds is 8. The average molecular weight is 489 g/mol. The molecule has 0 radical (unpaired) electrons. The summed E-state index contributed by atoms with van der Waals surface area (Å²) in [5.74, 6) is -0.189. The van der Waals surface area contributed by atoms with Crippen molar-refractivity contribution in [3.63, 3.8) is 0 Å². The smallest absolute Gasteiger partial charge is 0.349 e. The van der Waals surface area contributed by atoms with Crippen LogP contribution in [-0.2, 0) is 4.79 Å². The molecule has 0 unspecified atom stereocenters. The zero-order chi connectivity index (χ0) is 22.2. The third kappa shape index (κ3) is 6.32. The van der Waals surface area contributed by atoms with E-state index in [4.69, 9.17) is 13.9 Å². The van der Waals surface area contributed by atoms with Gasteiger partial charge in [-0.2, -0.15) is 0 Å². The highest BCUT2D eigenvalue weighted by atomic mass is 79.9. The summed E-state index contributed by atoms with van der Waals surface area (Å²) in [5, 5.41) is 0.566. The summed E-state index contributed by atoms with van der Waals surface area (Å²) in [6.45, 7) is 2.41. The van der Waals surface area contributed by atoms with Crippen molar-refractivity contribution in [2.75, 3.05) is 13.2 Å². The molecule has 2 amide bonds. The fraction of sp³-hybridized carbons (Fsp3) is 0.227. The van der Waals surface area contributed by atoms with Gasteiger partial charge in [0.05, 0.1) is 6.61 Å². The number of hydrazine groups is 1. The summed E-state index contributed by atoms with van der Waals surface area (Å²) in [6.07, 6.45) is 2.03. The molecule has 2 aromatic carbocycles. The van der Waals surface area contributed by atoms with Gasteiger partial charge in [-0.15, -0.1) is 0 Å². The van der Waals surface area contributed by atoms with E-state index in [0.717, 1.165) is 23.1 Å². The van der Waals surface area contributed by atoms with Gasteiger partial charge in [-0.3, -0.25) is 20.4 Å². The highest BCUT2D eigenvalue weighted by molar-refractivity contribution is 9.10. The first-order chi connectivity index (χ1) is 15.0. The molecule has 1 heterocycles. The van der Waals surface area contributed by atoms with Gasteiger partial charge in [0.1, 0.15) is 22.6 Å². The largest absolute Gasteiger partial charge is 0.494 e. The average Bonchev–Trinajstić information content (AvgIpc) is 2.77. The second kappa shape index (κ2) is 10.6. The molecule has 0 saturated carbocycles. The number of hydrogen-bond acceptors (Lipinski definition) is 6. The maximum atomic E-state index is 12.3. The third-order valence-corrected chi connectivity index (χ3v) is 4.71. The Bertz CT molecular complexity index is 1130. The molecule has 1 aromatic heterocycles. The van der Waals surface area contributed by atoms with Crippen LogP contribution < -0.4 is 26.0 Å². The molecule has 0 aliphatic heterocycles. The number of fused-ring (bicyclic) bond motifs is 1. The number of hydrogen-bond donors (Lipinski definition) is 2. The lowest BCUT2D eigenvalue weighted by Gasteiger charge is -2.10. The van der Waals surface area contributed by atoms with Crippen molar-refractivity contribution in [2.45, 2.75) is 19.8 Å². The van der Waals surface area contributed by atoms with E-state index in [0.29, 0.717) is 23.3 Å². The summed E-state index contributed by atoms with van der Waals surface area (Å²) in [4.78, 5) is 36.3. The fourth-order valence-electron chi connectivity index (χ4n) is 2.60. The Balaban J connectivity index is 1.50. The van der Waals surface area contributed by atoms with E-state index in [-0.39, 0.29) is 12.2 Å². The minimum absolute atomic E-state index is 0.231. The molecule has 0 atom stereocenters. The molecular weight excluding hydrogens is 468 g/mol. The molecular formula is C22H21BrN2O6. The van der Waals surface area contributed by atoms with Crippen molar-refractivity contribution < 1.29 is 23.5 Å². The molecule has 2 N–H and O–H groups in total. The lowest BCUT2D eigenvalue weighted by Crippen LogP contribution is -2.45. The number of ether oxygens (including phenoxy) is 2. The maximum Gasteiger partial charge on any atom is 0.349 e. The summed E-state index contributed by atoms with van der Waals surface area (Å²) in [5.41, 5.74) is 3.70. The molecule has 31 heavy (non-hydrogen) atoms. The monoisotopic (exact) mass is 488 g/mol. The SMILES string of the molecule is CCCCOc1ccc(OCC(=O)NNC(=O)c2cc3cc(Br)ccc3oc2=O)cc1. The Hall–Kier alpha value is -3.33. The van der Waals surface area contributed by atoms with E-state index in [1.54, 1.807) is 42.5 Å². The molecule has 3 aromatic rings. The molecule has 0 aliphatic rings. The van der Waals surface area contributed by atoms with Gasteiger partial charge in [0, 0.05) is 9.86 Å². The predicted octanol–water partition coefficient (Wildman–Crippen LogP) is 3.57. The van der Waals surface area contributed by atoms with E-state index in [1.165, 1.54) is 6.07 Å². The number of carbonyl (C=O) groups is 2. The summed E-state index contributed by atoms with van der Waals surface area (Å²) < 4.78 is 16.8. The third-order valence-electron chi connectivity index (χ3n) is 4.21. The van der Waals surface area contributed by atoms with Crippen LogP contribution in [0.15, 0.2) is 62.2 Å². The molecule has 0 bridgehead atoms. The Morgan fingerprint density at radius 3 is 2.42 bits per heavy atom. The number of amides is 2. The minimum atomic E-state index is -0.806. The lowest BCUT2D eigenvalue weighted by molar-refractivity contribution is -0.123. The van der Waals surface area contributed by atoms with Gasteiger partial charge in [0.25, 0.3) is 11.8 Å². The van der Waals surface area contributed by atoms with Gasteiger partial charge in [0.2, 0.25) is 0 Å². The predicted molar refractivity (Wildman–Crippen MR) is 118 cm³/mol. The summed E-state index contributed by atoms with van der Waals surface area (Å²) in [6, 6.07) is 13.3. The quantitative estimate of drug-likeness (QED) is 0.285. The highest BCUT2D eigenvalue weighted by Gasteiger charge is 2.15. The highest BCUT2D eigenvalue weighted by Crippen LogP contribution is 2.19. The first kappa shape index (κ1) is 22.4. The summed E-state index contributed by atoms with van der Waals surface area (Å²) >= 11 is 3.32. The molecule has 162 valence electrons. The second-order valence-corrected chi connectivity index (χ2v) is 7.51. The standard InChI is InChI=1S/C22H21BrN2O6/c1-2-3-10-29-16-5-7-17(8-6-16)30-13-20(26)24-25-21(27)18-12-14-11-15(23)4-9-19(14)31-22(18)28/h4-9,11-12H,2-3,10,13H2,1H3,(H,24,26)(H,25,27). The van der Waals surface area contributed by atoms with E-state index >= 15 is 0 Å². The van der Waals surface area contributed by atoms with Gasteiger partial charge < -0.3 is 13.9 Å². The number of nitrogens with one attached hydrogen (secondary N) is 2. The van der Waals surface area contributed by atoms with Crippen LogP contribution >= 0.6 is 15.9 Å². The topological polar surface area (TPSA) is 107 Å². The fourth-order valence-corrected chi connectivity index (χ4v) is 2.98. The zero-order valence-electron chi connectivity index (χ0n) is 16.8. The van der Waals surface area contributed by atoms with Crippen molar-refractivity contribution >= 4 is 38.7 Å². The van der Waals surface area contributed by atoms with Gasteiger partial charge in [-0.1, -0.05) is 29.3 Å². The number of carbonyl (C=O) groups excluding carboxylic acids is 2. The van der Waals surface area contributed by atoms with Crippen molar-refractivity contribution in [1.29, 1.82) is 0 Å². The second-order valence-electron chi connectivity index (χ2n) is 6.59. The van der Waals surface area contributed by atoms with Crippen LogP contribution in [0.1, 0.15) is 30.1 Å². The van der Waals surface area contributed by atoms with E-state index < -0.39 is 17.4 Å². The molecule has 0 saturated heterocycles. The van der Waals surface area contributed by atoms with Crippen LogP contribution in [0.5, 0.6) is 11.5 Å². The van der Waals surface area contributed by atoms with E-state index in [9.17, 15) is 14.4 Å².